The van der Waals surface area contributed by atoms with E-state index >= 15 is 0 Å². The lowest BCUT2D eigenvalue weighted by molar-refractivity contribution is -0.141. The maximum Gasteiger partial charge on any atom is 0.242 e. The van der Waals surface area contributed by atoms with Crippen LogP contribution < -0.4 is 5.32 Å². The van der Waals surface area contributed by atoms with Crippen LogP contribution in [-0.2, 0) is 26.2 Å². The molecule has 36 heavy (non-hydrogen) atoms. The summed E-state index contributed by atoms with van der Waals surface area (Å²) < 4.78 is 40.1. The quantitative estimate of drug-likeness (QED) is 0.486. The van der Waals surface area contributed by atoms with Crippen molar-refractivity contribution < 1.29 is 22.4 Å². The molecule has 1 saturated carbocycles. The van der Waals surface area contributed by atoms with Gasteiger partial charge in [0.25, 0.3) is 0 Å². The van der Waals surface area contributed by atoms with E-state index < -0.39 is 16.1 Å². The van der Waals surface area contributed by atoms with Gasteiger partial charge >= 0.3 is 0 Å². The molecule has 1 N–H and O–H groups in total. The SMILES string of the molecule is C[C@H](C(=O)NC1CCCCC1)N(Cc1ccc(F)cc1)C(=O)CCCN(C)S(=O)(=O)c1ccccc1. The Hall–Kier alpha value is -2.78. The fraction of sp³-hybridized carbons (Fsp3) is 0.481. The number of carbonyl (C=O) groups excluding carboxylic acids is 2. The lowest BCUT2D eigenvalue weighted by Crippen LogP contribution is -2.50. The first-order chi connectivity index (χ1) is 17.2. The number of hydrogen-bond donors (Lipinski definition) is 1. The average Bonchev–Trinajstić information content (AvgIpc) is 2.88. The van der Waals surface area contributed by atoms with Gasteiger partial charge in [-0.3, -0.25) is 9.59 Å². The van der Waals surface area contributed by atoms with E-state index in [1.54, 1.807) is 37.3 Å². The molecule has 2 aromatic carbocycles. The molecule has 0 radical (unpaired) electrons. The molecule has 1 aliphatic carbocycles. The van der Waals surface area contributed by atoms with Gasteiger partial charge < -0.3 is 10.2 Å². The number of carbonyl (C=O) groups is 2. The molecule has 0 bridgehead atoms. The zero-order valence-corrected chi connectivity index (χ0v) is 21.8. The van der Waals surface area contributed by atoms with E-state index in [9.17, 15) is 22.4 Å². The highest BCUT2D eigenvalue weighted by atomic mass is 32.2. The Morgan fingerprint density at radius 3 is 2.31 bits per heavy atom. The summed E-state index contributed by atoms with van der Waals surface area (Å²) in [6.07, 6.45) is 5.59. The van der Waals surface area contributed by atoms with Crippen LogP contribution in [0.2, 0.25) is 0 Å². The highest BCUT2D eigenvalue weighted by Gasteiger charge is 2.28. The number of hydrogen-bond acceptors (Lipinski definition) is 4. The smallest absolute Gasteiger partial charge is 0.242 e. The maximum atomic E-state index is 13.4. The van der Waals surface area contributed by atoms with E-state index in [0.717, 1.165) is 25.7 Å². The Morgan fingerprint density at radius 2 is 1.67 bits per heavy atom. The number of sulfonamides is 1. The molecular weight excluding hydrogens is 481 g/mol. The summed E-state index contributed by atoms with van der Waals surface area (Å²) in [5.74, 6) is -0.834. The minimum absolute atomic E-state index is 0.0803. The summed E-state index contributed by atoms with van der Waals surface area (Å²) in [6.45, 7) is 2.03. The van der Waals surface area contributed by atoms with Gasteiger partial charge in [0.2, 0.25) is 21.8 Å². The summed E-state index contributed by atoms with van der Waals surface area (Å²) in [5, 5.41) is 3.08. The standard InChI is InChI=1S/C27H36FN3O4S/c1-21(27(33)29-24-10-5-3-6-11-24)31(20-22-15-17-23(28)18-16-22)26(32)14-9-19-30(2)36(34,35)25-12-7-4-8-13-25/h4,7-8,12-13,15-18,21,24H,3,5-6,9-11,14,19-20H2,1-2H3,(H,29,33)/t21-/m1/s1. The number of benzene rings is 2. The highest BCUT2D eigenvalue weighted by molar-refractivity contribution is 7.89. The van der Waals surface area contributed by atoms with Crippen LogP contribution in [0.15, 0.2) is 59.5 Å². The molecule has 0 aromatic heterocycles. The van der Waals surface area contributed by atoms with Gasteiger partial charge in [0.15, 0.2) is 0 Å². The largest absolute Gasteiger partial charge is 0.352 e. The van der Waals surface area contributed by atoms with Crippen molar-refractivity contribution in [2.24, 2.45) is 0 Å². The number of rotatable bonds is 11. The predicted octanol–water partition coefficient (Wildman–Crippen LogP) is 4.09. The predicted molar refractivity (Wildman–Crippen MR) is 137 cm³/mol. The topological polar surface area (TPSA) is 86.8 Å². The molecule has 7 nitrogen and oxygen atoms in total. The molecule has 0 unspecified atom stereocenters. The van der Waals surface area contributed by atoms with E-state index in [4.69, 9.17) is 0 Å². The molecule has 196 valence electrons. The van der Waals surface area contributed by atoms with Gasteiger partial charge in [0.1, 0.15) is 11.9 Å². The number of halogens is 1. The van der Waals surface area contributed by atoms with Crippen LogP contribution in [0.5, 0.6) is 0 Å². The van der Waals surface area contributed by atoms with Crippen molar-refractivity contribution in [3.63, 3.8) is 0 Å². The second-order valence-electron chi connectivity index (χ2n) is 9.41. The molecule has 0 spiro atoms. The summed E-state index contributed by atoms with van der Waals surface area (Å²) in [5.41, 5.74) is 0.714. The van der Waals surface area contributed by atoms with Gasteiger partial charge in [-0.1, -0.05) is 49.6 Å². The Kier molecular flexibility index (Phi) is 10.0. The van der Waals surface area contributed by atoms with Crippen LogP contribution in [0.25, 0.3) is 0 Å². The van der Waals surface area contributed by atoms with Gasteiger partial charge in [0.05, 0.1) is 4.90 Å². The van der Waals surface area contributed by atoms with E-state index in [-0.39, 0.29) is 48.1 Å². The third-order valence-corrected chi connectivity index (χ3v) is 8.57. The van der Waals surface area contributed by atoms with Gasteiger partial charge in [-0.05, 0) is 56.0 Å². The van der Waals surface area contributed by atoms with Crippen molar-refractivity contribution in [2.75, 3.05) is 13.6 Å². The van der Waals surface area contributed by atoms with Gasteiger partial charge in [-0.15, -0.1) is 0 Å². The second-order valence-corrected chi connectivity index (χ2v) is 11.5. The van der Waals surface area contributed by atoms with E-state index in [1.165, 1.54) is 46.9 Å². The van der Waals surface area contributed by atoms with E-state index in [0.29, 0.717) is 12.0 Å². The molecule has 1 aliphatic rings. The highest BCUT2D eigenvalue weighted by Crippen LogP contribution is 2.19. The first kappa shape index (κ1) is 27.8. The second kappa shape index (κ2) is 13.0. The monoisotopic (exact) mass is 517 g/mol. The Labute approximate surface area is 213 Å². The normalized spacial score (nSPS) is 15.4. The first-order valence-corrected chi connectivity index (χ1v) is 14.0. The van der Waals surface area contributed by atoms with Crippen LogP contribution in [-0.4, -0.2) is 55.1 Å². The number of amides is 2. The third-order valence-electron chi connectivity index (χ3n) is 6.70. The maximum absolute atomic E-state index is 13.4. The summed E-state index contributed by atoms with van der Waals surface area (Å²) in [7, 11) is -2.16. The zero-order valence-electron chi connectivity index (χ0n) is 21.0. The fourth-order valence-electron chi connectivity index (χ4n) is 4.43. The van der Waals surface area contributed by atoms with Crippen LogP contribution in [0.4, 0.5) is 4.39 Å². The minimum Gasteiger partial charge on any atom is -0.352 e. The van der Waals surface area contributed by atoms with Crippen LogP contribution >= 0.6 is 0 Å². The third kappa shape index (κ3) is 7.61. The van der Waals surface area contributed by atoms with Crippen molar-refractivity contribution >= 4 is 21.8 Å². The summed E-state index contributed by atoms with van der Waals surface area (Å²) in [4.78, 5) is 28.0. The molecule has 9 heteroatoms. The molecule has 0 aliphatic heterocycles. The van der Waals surface area contributed by atoms with E-state index in [1.807, 2.05) is 0 Å². The van der Waals surface area contributed by atoms with Crippen molar-refractivity contribution in [1.29, 1.82) is 0 Å². The summed E-state index contributed by atoms with van der Waals surface area (Å²) in [6, 6.07) is 13.4. The number of nitrogens with one attached hydrogen (secondary N) is 1. The number of nitrogens with zero attached hydrogens (tertiary/aromatic N) is 2. The molecule has 1 atom stereocenters. The molecule has 0 heterocycles. The van der Waals surface area contributed by atoms with Crippen LogP contribution in [0.3, 0.4) is 0 Å². The molecule has 2 amide bonds. The lowest BCUT2D eigenvalue weighted by Gasteiger charge is -2.31. The van der Waals surface area contributed by atoms with Crippen molar-refractivity contribution in [1.82, 2.24) is 14.5 Å². The lowest BCUT2D eigenvalue weighted by atomic mass is 9.95. The van der Waals surface area contributed by atoms with Crippen LogP contribution in [0.1, 0.15) is 57.4 Å². The molecular formula is C27H36FN3O4S. The average molecular weight is 518 g/mol. The fourth-order valence-corrected chi connectivity index (χ4v) is 5.66. The van der Waals surface area contributed by atoms with Crippen molar-refractivity contribution in [2.45, 2.75) is 75.4 Å². The first-order valence-electron chi connectivity index (χ1n) is 12.5. The molecule has 1 fully saturated rings. The zero-order chi connectivity index (χ0) is 26.1. The van der Waals surface area contributed by atoms with Gasteiger partial charge in [-0.2, -0.15) is 0 Å². The molecule has 2 aromatic rings. The Morgan fingerprint density at radius 1 is 1.03 bits per heavy atom. The minimum atomic E-state index is -3.65. The van der Waals surface area contributed by atoms with Gasteiger partial charge in [-0.25, -0.2) is 17.1 Å². The Bertz CT molecular complexity index is 1100. The Balaban J connectivity index is 1.64. The van der Waals surface area contributed by atoms with Crippen molar-refractivity contribution in [3.8, 4) is 0 Å². The molecule has 0 saturated heterocycles. The van der Waals surface area contributed by atoms with E-state index in [2.05, 4.69) is 5.32 Å². The molecule has 3 rings (SSSR count). The van der Waals surface area contributed by atoms with Crippen LogP contribution in [0, 0.1) is 5.82 Å². The van der Waals surface area contributed by atoms with Gasteiger partial charge in [0, 0.05) is 32.6 Å². The van der Waals surface area contributed by atoms with Crippen molar-refractivity contribution in [3.05, 3.63) is 66.0 Å². The summed E-state index contributed by atoms with van der Waals surface area (Å²) >= 11 is 0.